The highest BCUT2D eigenvalue weighted by atomic mass is 32.2. The van der Waals surface area contributed by atoms with Crippen LogP contribution < -0.4 is 10.2 Å². The van der Waals surface area contributed by atoms with Crippen LogP contribution in [0, 0.1) is 13.8 Å². The Hall–Kier alpha value is -0.740. The Balaban J connectivity index is 2.23. The lowest BCUT2D eigenvalue weighted by atomic mass is 10.1. The second-order valence-corrected chi connectivity index (χ2v) is 6.84. The second kappa shape index (κ2) is 7.32. The van der Waals surface area contributed by atoms with Gasteiger partial charge in [0.1, 0.15) is 5.82 Å². The molecule has 0 aromatic carbocycles. The smallest absolute Gasteiger partial charge is 0.133 e. The molecule has 0 bridgehead atoms. The highest BCUT2D eigenvalue weighted by molar-refractivity contribution is 7.99. The fraction of sp³-hybridized carbons (Fsp3) is 0.688. The molecule has 0 aliphatic carbocycles. The van der Waals surface area contributed by atoms with Gasteiger partial charge in [0.05, 0.1) is 0 Å². The van der Waals surface area contributed by atoms with E-state index < -0.39 is 0 Å². The van der Waals surface area contributed by atoms with E-state index in [0.29, 0.717) is 6.04 Å². The largest absolute Gasteiger partial charge is 0.356 e. The number of hydrogen-bond donors (Lipinski definition) is 1. The highest BCUT2D eigenvalue weighted by Gasteiger charge is 2.23. The first-order chi connectivity index (χ1) is 9.63. The van der Waals surface area contributed by atoms with E-state index in [4.69, 9.17) is 4.98 Å². The number of thioether (sulfide) groups is 1. The molecule has 1 aliphatic rings. The Morgan fingerprint density at radius 2 is 2.25 bits per heavy atom. The maximum atomic E-state index is 4.83. The summed E-state index contributed by atoms with van der Waals surface area (Å²) < 4.78 is 0. The third-order valence-electron chi connectivity index (χ3n) is 3.97. The van der Waals surface area contributed by atoms with Gasteiger partial charge in [0.15, 0.2) is 0 Å². The maximum Gasteiger partial charge on any atom is 0.133 e. The maximum absolute atomic E-state index is 4.83. The van der Waals surface area contributed by atoms with Gasteiger partial charge in [-0.2, -0.15) is 11.8 Å². The van der Waals surface area contributed by atoms with Crippen molar-refractivity contribution >= 4 is 17.6 Å². The van der Waals surface area contributed by atoms with Crippen LogP contribution in [0.5, 0.6) is 0 Å². The molecule has 2 heterocycles. The SMILES string of the molecule is CCCNCc1c(C)cc(C)nc1N(C)C1CCSC1. The number of nitrogens with one attached hydrogen (secondary N) is 1. The topological polar surface area (TPSA) is 28.2 Å². The van der Waals surface area contributed by atoms with Crippen LogP contribution in [0.2, 0.25) is 0 Å². The Labute approximate surface area is 127 Å². The summed E-state index contributed by atoms with van der Waals surface area (Å²) in [6.45, 7) is 8.49. The fourth-order valence-corrected chi connectivity index (χ4v) is 4.01. The van der Waals surface area contributed by atoms with Crippen molar-refractivity contribution in [1.29, 1.82) is 0 Å². The van der Waals surface area contributed by atoms with Crippen LogP contribution in [0.3, 0.4) is 0 Å². The zero-order valence-electron chi connectivity index (χ0n) is 13.2. The van der Waals surface area contributed by atoms with Gasteiger partial charge >= 0.3 is 0 Å². The van der Waals surface area contributed by atoms with Gasteiger partial charge in [-0.15, -0.1) is 0 Å². The summed E-state index contributed by atoms with van der Waals surface area (Å²) in [4.78, 5) is 7.24. The Kier molecular flexibility index (Phi) is 5.73. The van der Waals surface area contributed by atoms with E-state index in [9.17, 15) is 0 Å². The van der Waals surface area contributed by atoms with Crippen molar-refractivity contribution in [3.63, 3.8) is 0 Å². The average molecular weight is 293 g/mol. The van der Waals surface area contributed by atoms with Gasteiger partial charge in [0.2, 0.25) is 0 Å². The molecule has 1 unspecified atom stereocenters. The molecule has 4 heteroatoms. The van der Waals surface area contributed by atoms with Gasteiger partial charge < -0.3 is 10.2 Å². The minimum absolute atomic E-state index is 0.638. The van der Waals surface area contributed by atoms with E-state index in [0.717, 1.165) is 18.8 Å². The van der Waals surface area contributed by atoms with Crippen LogP contribution in [0.4, 0.5) is 5.82 Å². The van der Waals surface area contributed by atoms with Crippen LogP contribution in [0.15, 0.2) is 6.07 Å². The molecular formula is C16H27N3S. The van der Waals surface area contributed by atoms with Crippen LogP contribution >= 0.6 is 11.8 Å². The molecule has 1 atom stereocenters. The molecule has 1 saturated heterocycles. The summed E-state index contributed by atoms with van der Waals surface area (Å²) in [5.41, 5.74) is 3.84. The number of hydrogen-bond acceptors (Lipinski definition) is 4. The molecule has 1 fully saturated rings. The van der Waals surface area contributed by atoms with Crippen molar-refractivity contribution in [1.82, 2.24) is 10.3 Å². The molecule has 0 amide bonds. The molecule has 1 aliphatic heterocycles. The van der Waals surface area contributed by atoms with E-state index in [-0.39, 0.29) is 0 Å². The molecule has 0 saturated carbocycles. The Bertz CT molecular complexity index is 442. The number of nitrogens with zero attached hydrogens (tertiary/aromatic N) is 2. The molecule has 1 aromatic heterocycles. The van der Waals surface area contributed by atoms with Crippen LogP contribution in [0.25, 0.3) is 0 Å². The zero-order valence-corrected chi connectivity index (χ0v) is 14.0. The Morgan fingerprint density at radius 3 is 2.90 bits per heavy atom. The molecule has 1 aromatic rings. The van der Waals surface area contributed by atoms with Gasteiger partial charge in [-0.1, -0.05) is 6.92 Å². The predicted octanol–water partition coefficient (Wildman–Crippen LogP) is 3.14. The lowest BCUT2D eigenvalue weighted by Gasteiger charge is -2.28. The number of aryl methyl sites for hydroxylation is 2. The third kappa shape index (κ3) is 3.67. The molecule has 0 spiro atoms. The number of aromatic nitrogens is 1. The van der Waals surface area contributed by atoms with Gasteiger partial charge in [0, 0.05) is 36.6 Å². The molecule has 3 nitrogen and oxygen atoms in total. The minimum Gasteiger partial charge on any atom is -0.356 e. The van der Waals surface area contributed by atoms with E-state index in [1.807, 2.05) is 0 Å². The predicted molar refractivity (Wildman–Crippen MR) is 89.8 cm³/mol. The summed E-state index contributed by atoms with van der Waals surface area (Å²) >= 11 is 2.06. The van der Waals surface area contributed by atoms with Crippen molar-refractivity contribution in [2.45, 2.75) is 46.2 Å². The summed E-state index contributed by atoms with van der Waals surface area (Å²) in [6, 6.07) is 2.84. The van der Waals surface area contributed by atoms with Gasteiger partial charge in [0.25, 0.3) is 0 Å². The molecule has 0 radical (unpaired) electrons. The molecular weight excluding hydrogens is 266 g/mol. The Morgan fingerprint density at radius 1 is 1.45 bits per heavy atom. The number of pyridine rings is 1. The molecule has 2 rings (SSSR count). The fourth-order valence-electron chi connectivity index (χ4n) is 2.74. The zero-order chi connectivity index (χ0) is 14.5. The van der Waals surface area contributed by atoms with Crippen LogP contribution in [-0.4, -0.2) is 36.1 Å². The summed E-state index contributed by atoms with van der Waals surface area (Å²) in [7, 11) is 2.21. The van der Waals surface area contributed by atoms with Crippen LogP contribution in [0.1, 0.15) is 36.6 Å². The third-order valence-corrected chi connectivity index (χ3v) is 5.11. The first kappa shape index (κ1) is 15.6. The van der Waals surface area contributed by atoms with Gasteiger partial charge in [-0.25, -0.2) is 4.98 Å². The number of rotatable bonds is 6. The highest BCUT2D eigenvalue weighted by Crippen LogP contribution is 2.28. The lowest BCUT2D eigenvalue weighted by molar-refractivity contribution is 0.653. The quantitative estimate of drug-likeness (QED) is 0.816. The normalized spacial score (nSPS) is 18.5. The first-order valence-corrected chi connectivity index (χ1v) is 8.77. The summed E-state index contributed by atoms with van der Waals surface area (Å²) in [6.07, 6.45) is 2.44. The van der Waals surface area contributed by atoms with E-state index in [1.165, 1.54) is 41.3 Å². The van der Waals surface area contributed by atoms with E-state index in [1.54, 1.807) is 0 Å². The lowest BCUT2D eigenvalue weighted by Crippen LogP contribution is -2.33. The second-order valence-electron chi connectivity index (χ2n) is 5.69. The van der Waals surface area contributed by atoms with Crippen molar-refractivity contribution in [3.8, 4) is 0 Å². The van der Waals surface area contributed by atoms with Crippen molar-refractivity contribution in [3.05, 3.63) is 22.9 Å². The standard InChI is InChI=1S/C16H27N3S/c1-5-7-17-10-15-12(2)9-13(3)18-16(15)19(4)14-6-8-20-11-14/h9,14,17H,5-8,10-11H2,1-4H3. The van der Waals surface area contributed by atoms with Crippen molar-refractivity contribution < 1.29 is 0 Å². The molecule has 112 valence electrons. The summed E-state index contributed by atoms with van der Waals surface area (Å²) in [5, 5.41) is 3.53. The van der Waals surface area contributed by atoms with Crippen molar-refractivity contribution in [2.75, 3.05) is 30.0 Å². The average Bonchev–Trinajstić information content (AvgIpc) is 2.94. The van der Waals surface area contributed by atoms with Gasteiger partial charge in [-0.05, 0) is 50.6 Å². The minimum atomic E-state index is 0.638. The summed E-state index contributed by atoms with van der Waals surface area (Å²) in [5.74, 6) is 3.69. The molecule has 1 N–H and O–H groups in total. The molecule has 20 heavy (non-hydrogen) atoms. The first-order valence-electron chi connectivity index (χ1n) is 7.62. The van der Waals surface area contributed by atoms with E-state index >= 15 is 0 Å². The number of anilines is 1. The monoisotopic (exact) mass is 293 g/mol. The van der Waals surface area contributed by atoms with E-state index in [2.05, 4.69) is 55.9 Å². The van der Waals surface area contributed by atoms with Crippen LogP contribution in [-0.2, 0) is 6.54 Å². The van der Waals surface area contributed by atoms with Gasteiger partial charge in [-0.3, -0.25) is 0 Å². The van der Waals surface area contributed by atoms with Crippen molar-refractivity contribution in [2.24, 2.45) is 0 Å².